The fraction of sp³-hybridized carbons (Fsp3) is 0.160. The van der Waals surface area contributed by atoms with Crippen molar-refractivity contribution in [1.29, 1.82) is 0 Å². The third-order valence-corrected chi connectivity index (χ3v) is 6.77. The Labute approximate surface area is 184 Å². The van der Waals surface area contributed by atoms with Crippen molar-refractivity contribution in [2.24, 2.45) is 5.92 Å². The summed E-state index contributed by atoms with van der Waals surface area (Å²) in [5, 5.41) is 0. The number of imide groups is 1. The molecule has 31 heavy (non-hydrogen) atoms. The number of carbonyl (C=O) groups excluding carboxylic acids is 3. The van der Waals surface area contributed by atoms with Crippen molar-refractivity contribution in [2.45, 2.75) is 29.7 Å². The monoisotopic (exact) mass is 428 g/mol. The van der Waals surface area contributed by atoms with Crippen molar-refractivity contribution in [2.75, 3.05) is 4.90 Å². The highest BCUT2D eigenvalue weighted by Crippen LogP contribution is 2.48. The van der Waals surface area contributed by atoms with Gasteiger partial charge >= 0.3 is 0 Å². The van der Waals surface area contributed by atoms with Gasteiger partial charge in [0, 0.05) is 9.79 Å². The van der Waals surface area contributed by atoms with Crippen LogP contribution in [-0.4, -0.2) is 28.7 Å². The second-order valence-corrected chi connectivity index (χ2v) is 9.01. The third kappa shape index (κ3) is 2.98. The van der Waals surface area contributed by atoms with Gasteiger partial charge in [0.15, 0.2) is 0 Å². The number of anilines is 2. The molecule has 5 nitrogen and oxygen atoms in total. The average Bonchev–Trinajstić information content (AvgIpc) is 3.02. The number of hydrogen-bond donors (Lipinski definition) is 0. The topological polar surface area (TPSA) is 57.7 Å². The van der Waals surface area contributed by atoms with E-state index in [9.17, 15) is 14.4 Å². The molecule has 0 saturated carbocycles. The molecule has 0 saturated heterocycles. The molecule has 154 valence electrons. The summed E-state index contributed by atoms with van der Waals surface area (Å²) in [5.74, 6) is -1.38. The number of rotatable bonds is 3. The van der Waals surface area contributed by atoms with Gasteiger partial charge in [0.05, 0.1) is 22.5 Å². The molecule has 1 atom stereocenters. The van der Waals surface area contributed by atoms with Crippen molar-refractivity contribution in [3.63, 3.8) is 0 Å². The van der Waals surface area contributed by atoms with E-state index in [1.807, 2.05) is 62.4 Å². The van der Waals surface area contributed by atoms with Crippen molar-refractivity contribution in [3.8, 4) is 0 Å². The molecule has 2 aliphatic rings. The molecule has 0 radical (unpaired) electrons. The molecule has 0 N–H and O–H groups in total. The van der Waals surface area contributed by atoms with Crippen molar-refractivity contribution < 1.29 is 14.4 Å². The lowest BCUT2D eigenvalue weighted by Gasteiger charge is -2.37. The van der Waals surface area contributed by atoms with E-state index >= 15 is 0 Å². The van der Waals surface area contributed by atoms with E-state index in [1.165, 1.54) is 0 Å². The lowest BCUT2D eigenvalue weighted by Crippen LogP contribution is -2.53. The molecule has 2 heterocycles. The predicted molar refractivity (Wildman–Crippen MR) is 120 cm³/mol. The Morgan fingerprint density at radius 1 is 0.742 bits per heavy atom. The van der Waals surface area contributed by atoms with E-state index in [1.54, 1.807) is 40.9 Å². The second-order valence-electron chi connectivity index (χ2n) is 7.93. The molecule has 0 fully saturated rings. The van der Waals surface area contributed by atoms with Crippen LogP contribution in [0.5, 0.6) is 0 Å². The van der Waals surface area contributed by atoms with Gasteiger partial charge in [-0.25, -0.2) is 0 Å². The summed E-state index contributed by atoms with van der Waals surface area (Å²) in [5.41, 5.74) is 2.22. The van der Waals surface area contributed by atoms with Crippen LogP contribution in [0.25, 0.3) is 0 Å². The zero-order valence-corrected chi connectivity index (χ0v) is 17.9. The molecule has 3 aromatic carbocycles. The molecule has 0 spiro atoms. The van der Waals surface area contributed by atoms with Crippen LogP contribution in [0.4, 0.5) is 11.4 Å². The van der Waals surface area contributed by atoms with Gasteiger partial charge in [0.2, 0.25) is 0 Å². The smallest absolute Gasteiger partial charge is 0.262 e. The van der Waals surface area contributed by atoms with E-state index in [0.29, 0.717) is 11.1 Å². The van der Waals surface area contributed by atoms with Gasteiger partial charge in [-0.1, -0.05) is 62.0 Å². The van der Waals surface area contributed by atoms with Gasteiger partial charge in [-0.05, 0) is 42.3 Å². The molecule has 3 aromatic rings. The highest BCUT2D eigenvalue weighted by atomic mass is 32.2. The first-order chi connectivity index (χ1) is 15.0. The first kappa shape index (κ1) is 19.6. The van der Waals surface area contributed by atoms with Gasteiger partial charge in [-0.3, -0.25) is 24.2 Å². The fourth-order valence-corrected chi connectivity index (χ4v) is 5.29. The van der Waals surface area contributed by atoms with Crippen LogP contribution < -0.4 is 4.90 Å². The van der Waals surface area contributed by atoms with E-state index < -0.39 is 17.9 Å². The normalized spacial score (nSPS) is 15.6. The summed E-state index contributed by atoms with van der Waals surface area (Å²) >= 11 is 1.61. The van der Waals surface area contributed by atoms with Crippen molar-refractivity contribution in [3.05, 3.63) is 83.9 Å². The molecular weight excluding hydrogens is 408 g/mol. The third-order valence-electron chi connectivity index (χ3n) is 5.64. The molecular formula is C25H20N2O3S. The molecule has 3 amide bonds. The number of fused-ring (bicyclic) bond motifs is 3. The van der Waals surface area contributed by atoms with Gasteiger partial charge in [-0.2, -0.15) is 0 Å². The summed E-state index contributed by atoms with van der Waals surface area (Å²) in [6.45, 7) is 3.73. The number of benzene rings is 3. The molecule has 0 aromatic heterocycles. The number of carbonyl (C=O) groups is 3. The van der Waals surface area contributed by atoms with Crippen LogP contribution >= 0.6 is 11.8 Å². The maximum Gasteiger partial charge on any atom is 0.262 e. The maximum absolute atomic E-state index is 14.1. The molecule has 0 bridgehead atoms. The Balaban J connectivity index is 1.62. The van der Waals surface area contributed by atoms with Gasteiger partial charge in [-0.15, -0.1) is 0 Å². The Hall–Kier alpha value is -3.38. The summed E-state index contributed by atoms with van der Waals surface area (Å²) in [7, 11) is 0. The lowest BCUT2D eigenvalue weighted by atomic mass is 9.99. The maximum atomic E-state index is 14.1. The number of nitrogens with zero attached hydrogens (tertiary/aromatic N) is 2. The van der Waals surface area contributed by atoms with Crippen molar-refractivity contribution in [1.82, 2.24) is 4.90 Å². The first-order valence-electron chi connectivity index (χ1n) is 10.2. The minimum Gasteiger partial charge on any atom is -0.277 e. The number of hydrogen-bond acceptors (Lipinski definition) is 4. The van der Waals surface area contributed by atoms with E-state index in [4.69, 9.17) is 0 Å². The minimum absolute atomic E-state index is 0.261. The minimum atomic E-state index is -0.920. The van der Waals surface area contributed by atoms with Crippen LogP contribution in [0.15, 0.2) is 82.6 Å². The Morgan fingerprint density at radius 2 is 1.19 bits per heavy atom. The van der Waals surface area contributed by atoms with E-state index in [0.717, 1.165) is 26.1 Å². The van der Waals surface area contributed by atoms with Gasteiger partial charge in [0.1, 0.15) is 6.04 Å². The predicted octanol–water partition coefficient (Wildman–Crippen LogP) is 5.14. The molecule has 5 rings (SSSR count). The molecule has 0 aliphatic carbocycles. The fourth-order valence-electron chi connectivity index (χ4n) is 4.23. The van der Waals surface area contributed by atoms with Crippen LogP contribution in [-0.2, 0) is 4.79 Å². The van der Waals surface area contributed by atoms with Crippen LogP contribution in [0.2, 0.25) is 0 Å². The van der Waals surface area contributed by atoms with E-state index in [2.05, 4.69) is 0 Å². The van der Waals surface area contributed by atoms with Crippen LogP contribution in [0, 0.1) is 5.92 Å². The first-order valence-corrected chi connectivity index (χ1v) is 11.0. The SMILES string of the molecule is CC(C)C(C(=O)N1c2ccccc2Sc2ccccc21)N1C(=O)c2ccccc2C1=O. The zero-order valence-electron chi connectivity index (χ0n) is 17.1. The highest BCUT2D eigenvalue weighted by molar-refractivity contribution is 7.99. The van der Waals surface area contributed by atoms with Gasteiger partial charge < -0.3 is 0 Å². The van der Waals surface area contributed by atoms with Gasteiger partial charge in [0.25, 0.3) is 17.7 Å². The standard InChI is InChI=1S/C25H20N2O3S/c1-15(2)22(27-23(28)16-9-3-4-10-17(16)24(27)29)25(30)26-18-11-5-7-13-20(18)31-21-14-8-6-12-19(21)26/h3-15,22H,1-2H3. The van der Waals surface area contributed by atoms with Crippen LogP contribution in [0.3, 0.4) is 0 Å². The summed E-state index contributed by atoms with van der Waals surface area (Å²) in [4.78, 5) is 45.1. The Morgan fingerprint density at radius 3 is 1.68 bits per heavy atom. The Bertz CT molecular complexity index is 1160. The number of para-hydroxylation sites is 2. The van der Waals surface area contributed by atoms with Crippen LogP contribution in [0.1, 0.15) is 34.6 Å². The average molecular weight is 429 g/mol. The highest BCUT2D eigenvalue weighted by Gasteiger charge is 2.46. The quantitative estimate of drug-likeness (QED) is 0.542. The molecule has 6 heteroatoms. The summed E-state index contributed by atoms with van der Waals surface area (Å²) in [6.07, 6.45) is 0. The zero-order chi connectivity index (χ0) is 21.7. The Kier molecular flexibility index (Phi) is 4.67. The lowest BCUT2D eigenvalue weighted by molar-refractivity contribution is -0.123. The summed E-state index contributed by atoms with van der Waals surface area (Å²) in [6, 6.07) is 21.2. The molecule has 1 unspecified atom stereocenters. The van der Waals surface area contributed by atoms with Crippen molar-refractivity contribution >= 4 is 40.9 Å². The second kappa shape index (κ2) is 7.39. The summed E-state index contributed by atoms with van der Waals surface area (Å²) < 4.78 is 0. The number of amides is 3. The largest absolute Gasteiger partial charge is 0.277 e. The molecule has 2 aliphatic heterocycles. The van der Waals surface area contributed by atoms with E-state index in [-0.39, 0.29) is 11.8 Å².